The first kappa shape index (κ1) is 17.6. The van der Waals surface area contributed by atoms with Crippen molar-refractivity contribution < 1.29 is 9.46 Å². The Kier molecular flexibility index (Phi) is 6.40. The molecule has 0 aromatic heterocycles. The molecule has 104 valence electrons. The van der Waals surface area contributed by atoms with Crippen molar-refractivity contribution in [3.05, 3.63) is 0 Å². The van der Waals surface area contributed by atoms with Gasteiger partial charge in [0.05, 0.1) is 11.3 Å². The Morgan fingerprint density at radius 1 is 0.882 bits per heavy atom. The van der Waals surface area contributed by atoms with Crippen LogP contribution >= 0.6 is 14.6 Å². The highest BCUT2D eigenvalue weighted by atomic mass is 31.2. The SMILES string of the molecule is CC(C)P(=O)(C[P+](O)(C(C)C)C(C)C)C(C)C. The monoisotopic (exact) mass is 281 g/mol. The lowest BCUT2D eigenvalue weighted by Crippen LogP contribution is -2.22. The maximum atomic E-state index is 13.1. The summed E-state index contributed by atoms with van der Waals surface area (Å²) >= 11 is 0. The largest absolute Gasteiger partial charge is 0.319 e. The second-order valence-electron chi connectivity index (χ2n) is 6.26. The van der Waals surface area contributed by atoms with Crippen LogP contribution < -0.4 is 0 Å². The van der Waals surface area contributed by atoms with Gasteiger partial charge in [0, 0.05) is 11.3 Å². The zero-order chi connectivity index (χ0) is 14.0. The van der Waals surface area contributed by atoms with Gasteiger partial charge in [-0.15, -0.1) is 0 Å². The molecule has 0 saturated heterocycles. The third-order valence-corrected chi connectivity index (χ3v) is 14.6. The summed E-state index contributed by atoms with van der Waals surface area (Å²) in [5.41, 5.74) is 0.833. The van der Waals surface area contributed by atoms with Crippen LogP contribution in [0.15, 0.2) is 0 Å². The normalized spacial score (nSPS) is 14.4. The highest BCUT2D eigenvalue weighted by Crippen LogP contribution is 2.74. The molecule has 0 fully saturated rings. The van der Waals surface area contributed by atoms with Crippen LogP contribution in [-0.2, 0) is 4.57 Å². The topological polar surface area (TPSA) is 37.3 Å². The highest BCUT2D eigenvalue weighted by molar-refractivity contribution is 7.85. The second kappa shape index (κ2) is 6.18. The lowest BCUT2D eigenvalue weighted by atomic mass is 10.5. The van der Waals surface area contributed by atoms with Crippen molar-refractivity contribution >= 4 is 14.6 Å². The van der Waals surface area contributed by atoms with Gasteiger partial charge in [0.2, 0.25) is 0 Å². The van der Waals surface area contributed by atoms with Gasteiger partial charge in [-0.1, -0.05) is 27.7 Å². The zero-order valence-corrected chi connectivity index (χ0v) is 14.6. The summed E-state index contributed by atoms with van der Waals surface area (Å²) in [5, 5.41) is 0. The number of hydrogen-bond acceptors (Lipinski definition) is 2. The van der Waals surface area contributed by atoms with Crippen LogP contribution in [0, 0.1) is 0 Å². The Hall–Kier alpha value is 0.620. The number of rotatable bonds is 6. The van der Waals surface area contributed by atoms with E-state index < -0.39 is 14.6 Å². The molecule has 0 aliphatic carbocycles. The third-order valence-electron chi connectivity index (χ3n) is 3.98. The van der Waals surface area contributed by atoms with Crippen molar-refractivity contribution in [2.24, 2.45) is 0 Å². The minimum atomic E-state index is -2.29. The van der Waals surface area contributed by atoms with Gasteiger partial charge in [-0.05, 0) is 27.7 Å². The van der Waals surface area contributed by atoms with Crippen LogP contribution in [0.5, 0.6) is 0 Å². The molecule has 17 heavy (non-hydrogen) atoms. The summed E-state index contributed by atoms with van der Waals surface area (Å²) in [5.74, 6) is 0.560. The average Bonchev–Trinajstić information content (AvgIpc) is 2.15. The molecule has 0 saturated carbocycles. The van der Waals surface area contributed by atoms with Crippen LogP contribution in [0.2, 0.25) is 0 Å². The summed E-state index contributed by atoms with van der Waals surface area (Å²) in [6, 6.07) is 0. The number of hydrogen-bond donors (Lipinski definition) is 1. The molecule has 0 aliphatic heterocycles. The fourth-order valence-electron chi connectivity index (χ4n) is 2.20. The molecule has 0 rings (SSSR count). The van der Waals surface area contributed by atoms with Gasteiger partial charge in [0.15, 0.2) is 7.49 Å². The maximum absolute atomic E-state index is 13.1. The molecule has 1 N–H and O–H groups in total. The fourth-order valence-corrected chi connectivity index (χ4v) is 12.6. The van der Waals surface area contributed by atoms with Crippen molar-refractivity contribution in [2.45, 2.75) is 78.0 Å². The summed E-state index contributed by atoms with van der Waals surface area (Å²) in [4.78, 5) is 10.9. The van der Waals surface area contributed by atoms with Crippen LogP contribution in [0.4, 0.5) is 0 Å². The van der Waals surface area contributed by atoms with E-state index in [1.165, 1.54) is 0 Å². The molecule has 0 spiro atoms. The summed E-state index contributed by atoms with van der Waals surface area (Å²) in [6.07, 6.45) is 0. The van der Waals surface area contributed by atoms with Gasteiger partial charge in [0.25, 0.3) is 0 Å². The van der Waals surface area contributed by atoms with E-state index >= 15 is 0 Å². The molecule has 0 radical (unpaired) electrons. The minimum Gasteiger partial charge on any atom is -0.319 e. The molecule has 0 aromatic carbocycles. The standard InChI is InChI=1S/C13H31O2P2/c1-10(2)16(14,11(3)4)9-17(15,12(5)6)13(7)8/h10-14H,9H2,1-8H3/q+1. The second-order valence-corrected chi connectivity index (χ2v) is 15.0. The Balaban J connectivity index is 5.31. The van der Waals surface area contributed by atoms with Crippen LogP contribution in [0.25, 0.3) is 0 Å². The van der Waals surface area contributed by atoms with Crippen molar-refractivity contribution in [3.8, 4) is 0 Å². The summed E-state index contributed by atoms with van der Waals surface area (Å²) in [7, 11) is -4.40. The van der Waals surface area contributed by atoms with E-state index in [9.17, 15) is 9.46 Å². The Morgan fingerprint density at radius 2 is 1.18 bits per heavy atom. The summed E-state index contributed by atoms with van der Waals surface area (Å²) in [6.45, 7) is 16.4. The molecular weight excluding hydrogens is 250 g/mol. The summed E-state index contributed by atoms with van der Waals surface area (Å²) < 4.78 is 13.1. The van der Waals surface area contributed by atoms with Gasteiger partial charge in [-0.2, -0.15) is 0 Å². The molecule has 0 aromatic rings. The minimum absolute atomic E-state index is 0.173. The molecule has 0 amide bonds. The van der Waals surface area contributed by atoms with E-state index in [0.717, 1.165) is 0 Å². The van der Waals surface area contributed by atoms with Gasteiger partial charge < -0.3 is 4.57 Å². The van der Waals surface area contributed by atoms with Crippen LogP contribution in [-0.4, -0.2) is 33.4 Å². The van der Waals surface area contributed by atoms with Gasteiger partial charge in [-0.3, -0.25) is 4.89 Å². The first-order chi connectivity index (χ1) is 7.48. The average molecular weight is 281 g/mol. The van der Waals surface area contributed by atoms with E-state index in [4.69, 9.17) is 0 Å². The Morgan fingerprint density at radius 3 is 1.35 bits per heavy atom. The van der Waals surface area contributed by atoms with Crippen molar-refractivity contribution in [3.63, 3.8) is 0 Å². The molecule has 0 atom stereocenters. The Bertz CT molecular complexity index is 263. The maximum Gasteiger partial charge on any atom is 0.154 e. The molecular formula is C13H31O2P2+. The van der Waals surface area contributed by atoms with Gasteiger partial charge in [0.1, 0.15) is 13.0 Å². The smallest absolute Gasteiger partial charge is 0.154 e. The molecule has 0 aliphatic rings. The quantitative estimate of drug-likeness (QED) is 0.705. The molecule has 0 heterocycles. The van der Waals surface area contributed by atoms with Gasteiger partial charge in [-0.25, -0.2) is 0 Å². The van der Waals surface area contributed by atoms with Gasteiger partial charge >= 0.3 is 0 Å². The molecule has 4 heteroatoms. The van der Waals surface area contributed by atoms with E-state index in [1.807, 2.05) is 27.7 Å². The van der Waals surface area contributed by atoms with E-state index in [-0.39, 0.29) is 22.6 Å². The van der Waals surface area contributed by atoms with Crippen LogP contribution in [0.1, 0.15) is 55.4 Å². The third kappa shape index (κ3) is 3.79. The van der Waals surface area contributed by atoms with Crippen molar-refractivity contribution in [1.29, 1.82) is 0 Å². The van der Waals surface area contributed by atoms with Crippen molar-refractivity contribution in [1.82, 2.24) is 0 Å². The van der Waals surface area contributed by atoms with Crippen LogP contribution in [0.3, 0.4) is 0 Å². The predicted octanol–water partition coefficient (Wildman–Crippen LogP) is 4.87. The lowest BCUT2D eigenvalue weighted by Gasteiger charge is -2.34. The van der Waals surface area contributed by atoms with Crippen molar-refractivity contribution in [2.75, 3.05) is 5.90 Å². The van der Waals surface area contributed by atoms with E-state index in [0.29, 0.717) is 5.90 Å². The van der Waals surface area contributed by atoms with E-state index in [1.54, 1.807) is 0 Å². The molecule has 0 bridgehead atoms. The molecule has 0 unspecified atom stereocenters. The predicted molar refractivity (Wildman–Crippen MR) is 82.2 cm³/mol. The van der Waals surface area contributed by atoms with E-state index in [2.05, 4.69) is 27.7 Å². The Labute approximate surface area is 108 Å². The zero-order valence-electron chi connectivity index (χ0n) is 12.8. The molecule has 2 nitrogen and oxygen atoms in total. The first-order valence-corrected chi connectivity index (χ1v) is 10.8. The highest BCUT2D eigenvalue weighted by Gasteiger charge is 2.50. The fraction of sp³-hybridized carbons (Fsp3) is 1.00. The first-order valence-electron chi connectivity index (χ1n) is 6.67. The lowest BCUT2D eigenvalue weighted by molar-refractivity contribution is 0.554.